The molecule has 44 heavy (non-hydrogen) atoms. The van der Waals surface area contributed by atoms with Crippen LogP contribution >= 0.6 is 0 Å². The van der Waals surface area contributed by atoms with E-state index in [1.807, 2.05) is 0 Å². The minimum Gasteiger partial charge on any atom is -0.507 e. The maximum Gasteiger partial charge on any atom is 0.410 e. The first-order valence-corrected chi connectivity index (χ1v) is 14.5. The number of morpholine rings is 2. The molecule has 238 valence electrons. The Bertz CT molecular complexity index is 1350. The molecule has 2 heterocycles. The monoisotopic (exact) mass is 614 g/mol. The largest absolute Gasteiger partial charge is 0.507 e. The molecule has 2 aliphatic heterocycles. The number of carbonyl (C=O) groups is 4. The molecule has 2 saturated heterocycles. The molecule has 2 aromatic rings. The third-order valence-corrected chi connectivity index (χ3v) is 7.41. The van der Waals surface area contributed by atoms with E-state index in [2.05, 4.69) is 0 Å². The molecule has 13 nitrogen and oxygen atoms in total. The van der Waals surface area contributed by atoms with Gasteiger partial charge in [-0.3, -0.25) is 19.3 Å². The molecule has 13 heteroatoms. The van der Waals surface area contributed by atoms with Gasteiger partial charge in [0.05, 0.1) is 55.7 Å². The molecule has 0 saturated carbocycles. The first-order valence-electron chi connectivity index (χ1n) is 14.5. The zero-order chi connectivity index (χ0) is 31.8. The molecule has 2 fully saturated rings. The summed E-state index contributed by atoms with van der Waals surface area (Å²) in [6.45, 7) is 6.28. The van der Waals surface area contributed by atoms with Crippen molar-refractivity contribution in [3.05, 3.63) is 47.0 Å². The van der Waals surface area contributed by atoms with E-state index in [4.69, 9.17) is 23.7 Å². The highest BCUT2D eigenvalue weighted by Crippen LogP contribution is 2.38. The highest BCUT2D eigenvalue weighted by Gasteiger charge is 2.37. The zero-order valence-corrected chi connectivity index (χ0v) is 25.0. The first kappa shape index (κ1) is 32.6. The number of ether oxygens (including phenoxy) is 5. The highest BCUT2D eigenvalue weighted by atomic mass is 16.6. The van der Waals surface area contributed by atoms with Crippen molar-refractivity contribution in [1.29, 1.82) is 0 Å². The number of aldehydes is 2. The predicted molar refractivity (Wildman–Crippen MR) is 155 cm³/mol. The summed E-state index contributed by atoms with van der Waals surface area (Å²) in [6.07, 6.45) is -0.573. The third-order valence-electron chi connectivity index (χ3n) is 7.41. The molecule has 3 unspecified atom stereocenters. The van der Waals surface area contributed by atoms with Crippen LogP contribution in [0.2, 0.25) is 0 Å². The molecule has 2 aliphatic rings. The van der Waals surface area contributed by atoms with E-state index < -0.39 is 24.3 Å². The van der Waals surface area contributed by atoms with Crippen LogP contribution in [0.5, 0.6) is 23.0 Å². The van der Waals surface area contributed by atoms with Crippen molar-refractivity contribution in [2.75, 3.05) is 46.1 Å². The Morgan fingerprint density at radius 2 is 1.66 bits per heavy atom. The number of hydrogen-bond donors (Lipinski definition) is 2. The quantitative estimate of drug-likeness (QED) is 0.358. The molecule has 0 spiro atoms. The van der Waals surface area contributed by atoms with Crippen LogP contribution in [0.25, 0.3) is 0 Å². The van der Waals surface area contributed by atoms with Gasteiger partial charge in [0.2, 0.25) is 5.91 Å². The van der Waals surface area contributed by atoms with Gasteiger partial charge in [-0.2, -0.15) is 0 Å². The lowest BCUT2D eigenvalue weighted by Crippen LogP contribution is -2.52. The number of carbonyl (C=O) groups excluding carboxylic acids is 4. The van der Waals surface area contributed by atoms with Gasteiger partial charge in [-0.25, -0.2) is 4.79 Å². The van der Waals surface area contributed by atoms with Gasteiger partial charge >= 0.3 is 6.09 Å². The van der Waals surface area contributed by atoms with Gasteiger partial charge < -0.3 is 38.8 Å². The number of amides is 2. The maximum absolute atomic E-state index is 13.1. The number of hydrogen-bond acceptors (Lipinski definition) is 11. The minimum atomic E-state index is -0.825. The molecule has 2 N–H and O–H groups in total. The molecule has 0 bridgehead atoms. The second kappa shape index (κ2) is 14.9. The summed E-state index contributed by atoms with van der Waals surface area (Å²) in [5, 5.41) is 21.1. The van der Waals surface area contributed by atoms with E-state index in [0.29, 0.717) is 32.1 Å². The Morgan fingerprint density at radius 3 is 2.32 bits per heavy atom. The average Bonchev–Trinajstić information content (AvgIpc) is 3.02. The van der Waals surface area contributed by atoms with Gasteiger partial charge in [0.1, 0.15) is 42.3 Å². The van der Waals surface area contributed by atoms with E-state index in [-0.39, 0.29) is 84.6 Å². The van der Waals surface area contributed by atoms with Crippen molar-refractivity contribution in [3.8, 4) is 23.0 Å². The van der Waals surface area contributed by atoms with Gasteiger partial charge in [0, 0.05) is 18.5 Å². The molecule has 0 aromatic heterocycles. The van der Waals surface area contributed by atoms with Gasteiger partial charge in [0.25, 0.3) is 0 Å². The number of aromatic hydroxyl groups is 2. The fourth-order valence-corrected chi connectivity index (χ4v) is 5.10. The summed E-state index contributed by atoms with van der Waals surface area (Å²) >= 11 is 0. The second-order valence-electron chi connectivity index (χ2n) is 10.7. The Labute approximate surface area is 255 Å². The number of phenols is 2. The Morgan fingerprint density at radius 1 is 0.977 bits per heavy atom. The molecule has 0 radical (unpaired) electrons. The average molecular weight is 615 g/mol. The lowest BCUT2D eigenvalue weighted by atomic mass is 10.0. The zero-order valence-electron chi connectivity index (χ0n) is 25.0. The van der Waals surface area contributed by atoms with Crippen molar-refractivity contribution in [2.45, 2.75) is 51.5 Å². The molecule has 3 atom stereocenters. The first-order chi connectivity index (χ1) is 21.2. The fraction of sp³-hybridized carbons (Fsp3) is 0.484. The van der Waals surface area contributed by atoms with E-state index in [0.717, 1.165) is 0 Å². The number of phenolic OH excluding ortho intramolecular Hbond substituents is 2. The summed E-state index contributed by atoms with van der Waals surface area (Å²) in [4.78, 5) is 52.1. The van der Waals surface area contributed by atoms with Crippen LogP contribution in [0.4, 0.5) is 4.79 Å². The van der Waals surface area contributed by atoms with Gasteiger partial charge in [0.15, 0.2) is 12.6 Å². The number of rotatable bonds is 11. The van der Waals surface area contributed by atoms with E-state index in [9.17, 15) is 29.4 Å². The minimum absolute atomic E-state index is 0.0206. The van der Waals surface area contributed by atoms with Crippen LogP contribution in [0.3, 0.4) is 0 Å². The molecular weight excluding hydrogens is 576 g/mol. The van der Waals surface area contributed by atoms with Gasteiger partial charge in [-0.15, -0.1) is 0 Å². The molecule has 0 aliphatic carbocycles. The fourth-order valence-electron chi connectivity index (χ4n) is 5.10. The van der Waals surface area contributed by atoms with Crippen LogP contribution < -0.4 is 9.47 Å². The van der Waals surface area contributed by atoms with E-state index >= 15 is 0 Å². The smallest absolute Gasteiger partial charge is 0.410 e. The number of benzene rings is 2. The van der Waals surface area contributed by atoms with Crippen LogP contribution in [0.1, 0.15) is 59.6 Å². The van der Waals surface area contributed by atoms with Gasteiger partial charge in [-0.05, 0) is 38.1 Å². The van der Waals surface area contributed by atoms with E-state index in [1.54, 1.807) is 31.7 Å². The van der Waals surface area contributed by atoms with Gasteiger partial charge in [-0.1, -0.05) is 13.0 Å². The standard InChI is InChI=1S/C31H38N2O11/c1-4-29(37)32-10-11-40-15-20(32)16-42-27-9-8-22(30(38)24(27)14-35)28-12-33(31(39)44-19(2)3)21(18-43-28)17-41-26-7-5-6-25(36)23(26)13-34/h5-9,13-14,19-21,28,36,38H,4,10-12,15-18H2,1-3H3. The third kappa shape index (κ3) is 7.40. The Hall–Kier alpha value is -4.36. The Kier molecular flexibility index (Phi) is 11.0. The summed E-state index contributed by atoms with van der Waals surface area (Å²) in [5.41, 5.74) is 0.150. The predicted octanol–water partition coefficient (Wildman–Crippen LogP) is 3.10. The maximum atomic E-state index is 13.1. The summed E-state index contributed by atoms with van der Waals surface area (Å²) < 4.78 is 28.7. The summed E-state index contributed by atoms with van der Waals surface area (Å²) in [6, 6.07) is 6.52. The summed E-state index contributed by atoms with van der Waals surface area (Å²) in [7, 11) is 0. The molecule has 4 rings (SSSR count). The van der Waals surface area contributed by atoms with Crippen LogP contribution in [-0.2, 0) is 19.0 Å². The van der Waals surface area contributed by atoms with Crippen molar-refractivity contribution >= 4 is 24.6 Å². The Balaban J connectivity index is 1.50. The van der Waals surface area contributed by atoms with Crippen molar-refractivity contribution < 1.29 is 53.1 Å². The van der Waals surface area contributed by atoms with Crippen LogP contribution in [0.15, 0.2) is 30.3 Å². The normalized spacial score (nSPS) is 20.2. The van der Waals surface area contributed by atoms with Crippen molar-refractivity contribution in [3.63, 3.8) is 0 Å². The van der Waals surface area contributed by atoms with Crippen LogP contribution in [-0.4, -0.2) is 109 Å². The topological polar surface area (TPSA) is 161 Å². The molecule has 2 amide bonds. The summed E-state index contributed by atoms with van der Waals surface area (Å²) in [5.74, 6) is -0.344. The second-order valence-corrected chi connectivity index (χ2v) is 10.7. The van der Waals surface area contributed by atoms with Crippen molar-refractivity contribution in [1.82, 2.24) is 9.80 Å². The number of nitrogens with zero attached hydrogens (tertiary/aromatic N) is 2. The van der Waals surface area contributed by atoms with E-state index in [1.165, 1.54) is 29.2 Å². The van der Waals surface area contributed by atoms with Crippen molar-refractivity contribution in [2.24, 2.45) is 0 Å². The molecule has 2 aromatic carbocycles. The molecular formula is C31H38N2O11. The SMILES string of the molecule is CCC(=O)N1CCOCC1COc1ccc(C2CN(C(=O)OC(C)C)C(COc3cccc(O)c3C=O)CO2)c(O)c1C=O. The van der Waals surface area contributed by atoms with Crippen LogP contribution in [0, 0.1) is 0 Å². The lowest BCUT2D eigenvalue weighted by molar-refractivity contribution is -0.140. The lowest BCUT2D eigenvalue weighted by Gasteiger charge is -2.39. The highest BCUT2D eigenvalue weighted by molar-refractivity contribution is 5.85.